The second-order valence-corrected chi connectivity index (χ2v) is 7.71. The molecule has 7 nitrogen and oxygen atoms in total. The number of fused-ring (bicyclic) bond motifs is 1. The van der Waals surface area contributed by atoms with Gasteiger partial charge in [-0.2, -0.15) is 0 Å². The molecule has 1 heterocycles. The summed E-state index contributed by atoms with van der Waals surface area (Å²) < 4.78 is 52.0. The summed E-state index contributed by atoms with van der Waals surface area (Å²) in [6.07, 6.45) is 1.65. The number of nitrogens with zero attached hydrogens (tertiary/aromatic N) is 1. The molecule has 34 heavy (non-hydrogen) atoms. The van der Waals surface area contributed by atoms with E-state index in [0.717, 1.165) is 17.9 Å². The average Bonchev–Trinajstić information content (AvgIpc) is 2.83. The standard InChI is InChI=1S/C24H23F3N2O5/c1-32-18-11-7-16(8-12-18)29-17(13-30)14-33-22-20(3-2-4-21(22)29)23(31)28-15-5-9-19(10-6-15)34-24(25,26)27/h2-7,9-12,16-17,30H,8,13-14H2,1H3,(H,28,31)/t16?,17-/m0/s1. The van der Waals surface area contributed by atoms with Gasteiger partial charge in [-0.15, -0.1) is 13.2 Å². The van der Waals surface area contributed by atoms with E-state index >= 15 is 0 Å². The van der Waals surface area contributed by atoms with Crippen LogP contribution < -0.4 is 19.7 Å². The first-order chi connectivity index (χ1) is 16.3. The molecule has 0 aromatic heterocycles. The van der Waals surface area contributed by atoms with Crippen molar-refractivity contribution in [2.45, 2.75) is 24.9 Å². The van der Waals surface area contributed by atoms with E-state index in [4.69, 9.17) is 9.47 Å². The van der Waals surface area contributed by atoms with Crippen LogP contribution in [0.15, 0.2) is 66.5 Å². The Morgan fingerprint density at radius 3 is 2.62 bits per heavy atom. The average molecular weight is 476 g/mol. The molecule has 2 aromatic carbocycles. The molecule has 1 unspecified atom stereocenters. The van der Waals surface area contributed by atoms with Gasteiger partial charge in [0.1, 0.15) is 18.1 Å². The number of rotatable bonds is 6. The van der Waals surface area contributed by atoms with Crippen molar-refractivity contribution in [2.75, 3.05) is 30.5 Å². The summed E-state index contributed by atoms with van der Waals surface area (Å²) in [6.45, 7) is 0.0514. The maximum Gasteiger partial charge on any atom is 0.573 e. The Labute approximate surface area is 194 Å². The lowest BCUT2D eigenvalue weighted by Gasteiger charge is -2.42. The molecular formula is C24H23F3N2O5. The largest absolute Gasteiger partial charge is 0.573 e. The highest BCUT2D eigenvalue weighted by Gasteiger charge is 2.34. The number of ether oxygens (including phenoxy) is 3. The summed E-state index contributed by atoms with van der Waals surface area (Å²) in [6, 6.07) is 9.62. The van der Waals surface area contributed by atoms with Crippen LogP contribution >= 0.6 is 0 Å². The molecule has 2 atom stereocenters. The van der Waals surface area contributed by atoms with Gasteiger partial charge in [-0.1, -0.05) is 12.1 Å². The zero-order valence-electron chi connectivity index (χ0n) is 18.2. The molecule has 0 spiro atoms. The second-order valence-electron chi connectivity index (χ2n) is 7.71. The highest BCUT2D eigenvalue weighted by molar-refractivity contribution is 6.07. The van der Waals surface area contributed by atoms with Gasteiger partial charge in [-0.25, -0.2) is 0 Å². The van der Waals surface area contributed by atoms with Crippen LogP contribution in [0.5, 0.6) is 11.5 Å². The number of allylic oxidation sites excluding steroid dienone is 1. The molecule has 0 saturated carbocycles. The van der Waals surface area contributed by atoms with E-state index in [0.29, 0.717) is 23.5 Å². The SMILES string of the molecule is COC1=CCC(N2c3cccc(C(=O)Nc4ccc(OC(F)(F)F)cc4)c3OC[C@@H]2CO)C=C1. The van der Waals surface area contributed by atoms with Crippen molar-refractivity contribution in [2.24, 2.45) is 0 Å². The highest BCUT2D eigenvalue weighted by atomic mass is 19.4. The quantitative estimate of drug-likeness (QED) is 0.649. The van der Waals surface area contributed by atoms with Gasteiger partial charge in [0.05, 0.1) is 37.1 Å². The molecule has 2 aliphatic rings. The van der Waals surface area contributed by atoms with E-state index in [1.807, 2.05) is 29.2 Å². The number of methoxy groups -OCH3 is 1. The number of para-hydroxylation sites is 1. The van der Waals surface area contributed by atoms with Crippen molar-refractivity contribution in [3.05, 3.63) is 72.0 Å². The number of halogens is 3. The molecule has 1 aliphatic heterocycles. The van der Waals surface area contributed by atoms with Crippen molar-refractivity contribution in [3.8, 4) is 11.5 Å². The zero-order chi connectivity index (χ0) is 24.3. The van der Waals surface area contributed by atoms with Crippen LogP contribution in [-0.2, 0) is 4.74 Å². The Hall–Kier alpha value is -3.66. The Morgan fingerprint density at radius 2 is 2.00 bits per heavy atom. The number of carbonyl (C=O) groups is 1. The third-order valence-corrected chi connectivity index (χ3v) is 5.52. The summed E-state index contributed by atoms with van der Waals surface area (Å²) in [7, 11) is 1.60. The van der Waals surface area contributed by atoms with Gasteiger partial charge in [0.25, 0.3) is 5.91 Å². The van der Waals surface area contributed by atoms with Crippen LogP contribution in [0.4, 0.5) is 24.5 Å². The van der Waals surface area contributed by atoms with Crippen molar-refractivity contribution in [1.29, 1.82) is 0 Å². The molecule has 1 aliphatic carbocycles. The zero-order valence-corrected chi connectivity index (χ0v) is 18.2. The van der Waals surface area contributed by atoms with Crippen LogP contribution in [0.2, 0.25) is 0 Å². The summed E-state index contributed by atoms with van der Waals surface area (Å²) in [5.41, 5.74) is 1.23. The Bertz CT molecular complexity index is 1100. The van der Waals surface area contributed by atoms with Gasteiger partial charge < -0.3 is 29.5 Å². The van der Waals surface area contributed by atoms with Crippen LogP contribution in [0.25, 0.3) is 0 Å². The summed E-state index contributed by atoms with van der Waals surface area (Å²) >= 11 is 0. The second kappa shape index (κ2) is 9.68. The predicted molar refractivity (Wildman–Crippen MR) is 119 cm³/mol. The number of hydrogen-bond acceptors (Lipinski definition) is 6. The smallest absolute Gasteiger partial charge is 0.497 e. The molecular weight excluding hydrogens is 453 g/mol. The number of amides is 1. The number of benzene rings is 2. The number of nitrogens with one attached hydrogen (secondary N) is 1. The van der Waals surface area contributed by atoms with E-state index in [1.54, 1.807) is 19.2 Å². The molecule has 0 saturated heterocycles. The lowest BCUT2D eigenvalue weighted by atomic mass is 10.00. The lowest BCUT2D eigenvalue weighted by Crippen LogP contribution is -2.50. The molecule has 2 aromatic rings. The first kappa shape index (κ1) is 23.5. The third kappa shape index (κ3) is 5.12. The molecule has 0 bridgehead atoms. The van der Waals surface area contributed by atoms with E-state index in [1.165, 1.54) is 12.1 Å². The number of alkyl halides is 3. The third-order valence-electron chi connectivity index (χ3n) is 5.52. The van der Waals surface area contributed by atoms with Gasteiger partial charge in [0.2, 0.25) is 0 Å². The van der Waals surface area contributed by atoms with Gasteiger partial charge in [0.15, 0.2) is 5.75 Å². The highest BCUT2D eigenvalue weighted by Crippen LogP contribution is 2.40. The summed E-state index contributed by atoms with van der Waals surface area (Å²) in [4.78, 5) is 15.0. The monoisotopic (exact) mass is 476 g/mol. The van der Waals surface area contributed by atoms with Crippen molar-refractivity contribution in [3.63, 3.8) is 0 Å². The van der Waals surface area contributed by atoms with Crippen molar-refractivity contribution < 1.29 is 37.3 Å². The maximum atomic E-state index is 13.0. The van der Waals surface area contributed by atoms with Gasteiger partial charge in [-0.05, 0) is 55.0 Å². The fourth-order valence-electron chi connectivity index (χ4n) is 3.99. The molecule has 0 radical (unpaired) electrons. The molecule has 1 amide bonds. The van der Waals surface area contributed by atoms with E-state index < -0.39 is 12.3 Å². The van der Waals surface area contributed by atoms with E-state index in [-0.39, 0.29) is 36.6 Å². The van der Waals surface area contributed by atoms with Gasteiger partial charge >= 0.3 is 6.36 Å². The first-order valence-electron chi connectivity index (χ1n) is 10.5. The normalized spacial score (nSPS) is 19.6. The maximum absolute atomic E-state index is 13.0. The lowest BCUT2D eigenvalue weighted by molar-refractivity contribution is -0.274. The summed E-state index contributed by atoms with van der Waals surface area (Å²) in [5, 5.41) is 12.6. The fourth-order valence-corrected chi connectivity index (χ4v) is 3.99. The molecule has 0 fully saturated rings. The van der Waals surface area contributed by atoms with Crippen LogP contribution in [0.3, 0.4) is 0 Å². The minimum absolute atomic E-state index is 0.0711. The topological polar surface area (TPSA) is 80.3 Å². The Kier molecular flexibility index (Phi) is 6.69. The number of hydrogen-bond donors (Lipinski definition) is 2. The van der Waals surface area contributed by atoms with Gasteiger partial charge in [0, 0.05) is 5.69 Å². The molecule has 2 N–H and O–H groups in total. The number of aliphatic hydroxyl groups excluding tert-OH is 1. The number of aliphatic hydroxyl groups is 1. The first-order valence-corrected chi connectivity index (χ1v) is 10.5. The number of anilines is 2. The minimum atomic E-state index is -4.79. The number of carbonyl (C=O) groups excluding carboxylic acids is 1. The Morgan fingerprint density at radius 1 is 1.24 bits per heavy atom. The van der Waals surface area contributed by atoms with Crippen molar-refractivity contribution >= 4 is 17.3 Å². The van der Waals surface area contributed by atoms with Crippen LogP contribution in [-0.4, -0.2) is 49.8 Å². The Balaban J connectivity index is 1.56. The van der Waals surface area contributed by atoms with E-state index in [9.17, 15) is 23.1 Å². The van der Waals surface area contributed by atoms with Gasteiger partial charge in [-0.3, -0.25) is 4.79 Å². The van der Waals surface area contributed by atoms with Crippen LogP contribution in [0.1, 0.15) is 16.8 Å². The predicted octanol–water partition coefficient (Wildman–Crippen LogP) is 4.26. The van der Waals surface area contributed by atoms with Crippen molar-refractivity contribution in [1.82, 2.24) is 0 Å². The molecule has 10 heteroatoms. The summed E-state index contributed by atoms with van der Waals surface area (Å²) in [5.74, 6) is 0.258. The van der Waals surface area contributed by atoms with Crippen LogP contribution in [0, 0.1) is 0 Å². The fraction of sp³-hybridized carbons (Fsp3) is 0.292. The van der Waals surface area contributed by atoms with E-state index in [2.05, 4.69) is 10.1 Å². The molecule has 180 valence electrons. The molecule has 4 rings (SSSR count). The minimum Gasteiger partial charge on any atom is -0.497 e.